The number of aliphatic hydroxyl groups is 1. The average Bonchev–Trinajstić information content (AvgIpc) is 2.43. The second kappa shape index (κ2) is 7.43. The van der Waals surface area contributed by atoms with Gasteiger partial charge in [0.2, 0.25) is 0 Å². The van der Waals surface area contributed by atoms with E-state index >= 15 is 0 Å². The molecular weight excluding hydrogens is 291 g/mol. The van der Waals surface area contributed by atoms with Crippen LogP contribution in [0.5, 0.6) is 5.75 Å². The summed E-state index contributed by atoms with van der Waals surface area (Å²) in [6.07, 6.45) is -0.00788. The van der Waals surface area contributed by atoms with E-state index in [2.05, 4.69) is 0 Å². The van der Waals surface area contributed by atoms with E-state index in [9.17, 15) is 9.50 Å². The van der Waals surface area contributed by atoms with Gasteiger partial charge in [-0.2, -0.15) is 0 Å². The molecule has 1 unspecified atom stereocenters. The Balaban J connectivity index is 1.82. The van der Waals surface area contributed by atoms with Crippen LogP contribution in [0.2, 0.25) is 5.02 Å². The van der Waals surface area contributed by atoms with Gasteiger partial charge in [-0.15, -0.1) is 0 Å². The first-order valence-corrected chi connectivity index (χ1v) is 7.24. The molecule has 2 aromatic carbocycles. The molecule has 0 saturated carbocycles. The number of ether oxygens (including phenoxy) is 1. The van der Waals surface area contributed by atoms with Crippen molar-refractivity contribution in [1.29, 1.82) is 0 Å². The van der Waals surface area contributed by atoms with E-state index in [0.717, 1.165) is 11.3 Å². The molecule has 0 amide bonds. The molecule has 0 saturated heterocycles. The second-order valence-corrected chi connectivity index (χ2v) is 5.48. The highest BCUT2D eigenvalue weighted by molar-refractivity contribution is 6.30. The minimum atomic E-state index is -0.664. The molecule has 2 nitrogen and oxygen atoms in total. The van der Waals surface area contributed by atoms with E-state index in [1.54, 1.807) is 6.07 Å². The zero-order valence-electron chi connectivity index (χ0n) is 11.9. The molecule has 2 aromatic rings. The Morgan fingerprint density at radius 1 is 1.24 bits per heavy atom. The highest BCUT2D eigenvalue weighted by Crippen LogP contribution is 2.18. The molecular formula is C17H18ClFO2. The van der Waals surface area contributed by atoms with Crippen LogP contribution in [0.15, 0.2) is 42.5 Å². The summed E-state index contributed by atoms with van der Waals surface area (Å²) in [6.45, 7) is 2.37. The number of benzene rings is 2. The Labute approximate surface area is 129 Å². The van der Waals surface area contributed by atoms with Gasteiger partial charge in [0.15, 0.2) is 0 Å². The minimum absolute atomic E-state index is 0.226. The van der Waals surface area contributed by atoms with Gasteiger partial charge in [0.1, 0.15) is 11.6 Å². The summed E-state index contributed by atoms with van der Waals surface area (Å²) in [6, 6.07) is 12.1. The zero-order valence-corrected chi connectivity index (χ0v) is 12.6. The highest BCUT2D eigenvalue weighted by atomic mass is 35.5. The van der Waals surface area contributed by atoms with Crippen molar-refractivity contribution in [1.82, 2.24) is 0 Å². The predicted octanol–water partition coefficient (Wildman–Crippen LogP) is 4.16. The van der Waals surface area contributed by atoms with Gasteiger partial charge in [0, 0.05) is 17.9 Å². The first-order valence-electron chi connectivity index (χ1n) is 6.86. The fraction of sp³-hybridized carbons (Fsp3) is 0.294. The summed E-state index contributed by atoms with van der Waals surface area (Å²) in [7, 11) is 0. The number of halogens is 2. The number of hydrogen-bond donors (Lipinski definition) is 1. The van der Waals surface area contributed by atoms with Gasteiger partial charge in [0.25, 0.3) is 0 Å². The lowest BCUT2D eigenvalue weighted by Crippen LogP contribution is -2.15. The van der Waals surface area contributed by atoms with Gasteiger partial charge in [-0.05, 0) is 48.4 Å². The average molecular weight is 309 g/mol. The summed E-state index contributed by atoms with van der Waals surface area (Å²) in [5, 5.41) is 10.4. The molecule has 1 N–H and O–H groups in total. The van der Waals surface area contributed by atoms with Crippen molar-refractivity contribution in [2.75, 3.05) is 6.61 Å². The van der Waals surface area contributed by atoms with E-state index in [0.29, 0.717) is 23.6 Å². The van der Waals surface area contributed by atoms with E-state index in [1.807, 2.05) is 31.2 Å². The van der Waals surface area contributed by atoms with Crippen LogP contribution in [0.25, 0.3) is 0 Å². The highest BCUT2D eigenvalue weighted by Gasteiger charge is 2.10. The Morgan fingerprint density at radius 2 is 2.05 bits per heavy atom. The number of aryl methyl sites for hydroxylation is 1. The van der Waals surface area contributed by atoms with E-state index in [-0.39, 0.29) is 12.2 Å². The molecule has 0 fully saturated rings. The van der Waals surface area contributed by atoms with Crippen molar-refractivity contribution < 1.29 is 14.2 Å². The first-order chi connectivity index (χ1) is 10.0. The molecule has 0 radical (unpaired) electrons. The SMILES string of the molecule is Cc1cccc(OCCC(O)Cc2cc(Cl)ccc2F)c1. The fourth-order valence-corrected chi connectivity index (χ4v) is 2.27. The standard InChI is InChI=1S/C17H18ClFO2/c1-12-3-2-4-16(9-12)21-8-7-15(20)11-13-10-14(18)5-6-17(13)19/h2-6,9-10,15,20H,7-8,11H2,1H3. The third-order valence-corrected chi connectivity index (χ3v) is 3.41. The molecule has 0 aliphatic carbocycles. The Morgan fingerprint density at radius 3 is 2.81 bits per heavy atom. The number of rotatable bonds is 6. The van der Waals surface area contributed by atoms with Crippen molar-refractivity contribution in [3.05, 3.63) is 64.4 Å². The van der Waals surface area contributed by atoms with Gasteiger partial charge in [0.05, 0.1) is 12.7 Å². The lowest BCUT2D eigenvalue weighted by molar-refractivity contribution is 0.138. The van der Waals surface area contributed by atoms with Crippen molar-refractivity contribution in [2.45, 2.75) is 25.9 Å². The molecule has 4 heteroatoms. The van der Waals surface area contributed by atoms with Crippen molar-refractivity contribution in [3.8, 4) is 5.75 Å². The van der Waals surface area contributed by atoms with Gasteiger partial charge >= 0.3 is 0 Å². The Kier molecular flexibility index (Phi) is 5.59. The lowest BCUT2D eigenvalue weighted by atomic mass is 10.1. The van der Waals surface area contributed by atoms with Crippen LogP contribution in [0.4, 0.5) is 4.39 Å². The lowest BCUT2D eigenvalue weighted by Gasteiger charge is -2.13. The van der Waals surface area contributed by atoms with Crippen molar-refractivity contribution in [3.63, 3.8) is 0 Å². The molecule has 1 atom stereocenters. The van der Waals surface area contributed by atoms with Crippen LogP contribution in [-0.2, 0) is 6.42 Å². The Bertz CT molecular complexity index is 601. The van der Waals surface area contributed by atoms with Crippen LogP contribution in [0, 0.1) is 12.7 Å². The number of aliphatic hydroxyl groups excluding tert-OH is 1. The molecule has 0 bridgehead atoms. The second-order valence-electron chi connectivity index (χ2n) is 5.05. The van der Waals surface area contributed by atoms with Crippen LogP contribution >= 0.6 is 11.6 Å². The summed E-state index contributed by atoms with van der Waals surface area (Å²) in [5.41, 5.74) is 1.54. The molecule has 0 heterocycles. The fourth-order valence-electron chi connectivity index (χ4n) is 2.07. The van der Waals surface area contributed by atoms with Gasteiger partial charge in [-0.1, -0.05) is 23.7 Å². The minimum Gasteiger partial charge on any atom is -0.493 e. The smallest absolute Gasteiger partial charge is 0.126 e. The molecule has 112 valence electrons. The topological polar surface area (TPSA) is 29.5 Å². The quantitative estimate of drug-likeness (QED) is 0.868. The van der Waals surface area contributed by atoms with Crippen LogP contribution < -0.4 is 4.74 Å². The molecule has 0 aliphatic rings. The van der Waals surface area contributed by atoms with Gasteiger partial charge < -0.3 is 9.84 Å². The molecule has 0 spiro atoms. The predicted molar refractivity (Wildman–Crippen MR) is 82.4 cm³/mol. The molecule has 21 heavy (non-hydrogen) atoms. The maximum Gasteiger partial charge on any atom is 0.126 e. The van der Waals surface area contributed by atoms with Crippen LogP contribution in [0.3, 0.4) is 0 Å². The Hall–Kier alpha value is -1.58. The van der Waals surface area contributed by atoms with E-state index < -0.39 is 6.10 Å². The maximum absolute atomic E-state index is 13.6. The largest absolute Gasteiger partial charge is 0.493 e. The molecule has 2 rings (SSSR count). The van der Waals surface area contributed by atoms with Gasteiger partial charge in [-0.25, -0.2) is 4.39 Å². The normalized spacial score (nSPS) is 12.2. The summed E-state index contributed by atoms with van der Waals surface area (Å²) >= 11 is 5.83. The van der Waals surface area contributed by atoms with E-state index in [4.69, 9.17) is 16.3 Å². The maximum atomic E-state index is 13.6. The molecule has 0 aliphatic heterocycles. The summed E-state index contributed by atoms with van der Waals surface area (Å²) < 4.78 is 19.1. The van der Waals surface area contributed by atoms with Gasteiger partial charge in [-0.3, -0.25) is 0 Å². The zero-order chi connectivity index (χ0) is 15.2. The van der Waals surface area contributed by atoms with E-state index in [1.165, 1.54) is 12.1 Å². The van der Waals surface area contributed by atoms with Crippen molar-refractivity contribution in [2.24, 2.45) is 0 Å². The van der Waals surface area contributed by atoms with Crippen LogP contribution in [0.1, 0.15) is 17.5 Å². The molecule has 0 aromatic heterocycles. The third-order valence-electron chi connectivity index (χ3n) is 3.17. The third kappa shape index (κ3) is 5.03. The summed E-state index contributed by atoms with van der Waals surface area (Å²) in [4.78, 5) is 0. The number of hydrogen-bond acceptors (Lipinski definition) is 2. The van der Waals surface area contributed by atoms with Crippen LogP contribution in [-0.4, -0.2) is 17.8 Å². The first kappa shape index (κ1) is 15.8. The van der Waals surface area contributed by atoms with Crippen molar-refractivity contribution >= 4 is 11.6 Å². The summed E-state index contributed by atoms with van der Waals surface area (Å²) in [5.74, 6) is 0.425. The monoisotopic (exact) mass is 308 g/mol.